The largest absolute Gasteiger partial charge is 0.438 e. The van der Waals surface area contributed by atoms with Gasteiger partial charge in [0.05, 0.1) is 6.10 Å². The molecule has 0 aliphatic heterocycles. The third kappa shape index (κ3) is 1.96. The lowest BCUT2D eigenvalue weighted by Gasteiger charge is -2.52. The minimum Gasteiger partial charge on any atom is -0.438 e. The Kier molecular flexibility index (Phi) is 3.14. The minimum atomic E-state index is -0.245. The van der Waals surface area contributed by atoms with E-state index in [1.165, 1.54) is 6.42 Å². The average molecular weight is 252 g/mol. The molecule has 5 atom stereocenters. The van der Waals surface area contributed by atoms with Crippen molar-refractivity contribution in [1.82, 2.24) is 0 Å². The van der Waals surface area contributed by atoms with Crippen LogP contribution in [0.3, 0.4) is 0 Å². The molecule has 4 nitrogen and oxygen atoms in total. The Morgan fingerprint density at radius 3 is 2.89 bits per heavy atom. The Balaban J connectivity index is 1.59. The maximum absolute atomic E-state index is 12.1. The predicted octanol–water partition coefficient (Wildman–Crippen LogP) is 1.92. The van der Waals surface area contributed by atoms with Gasteiger partial charge in [0.25, 0.3) is 0 Å². The molecule has 0 N–H and O–H groups in total. The number of Topliss-reactive ketones (excluding diaryl/α,β-unsaturated/α-hetero) is 1. The van der Waals surface area contributed by atoms with Gasteiger partial charge in [0.15, 0.2) is 6.79 Å². The van der Waals surface area contributed by atoms with E-state index < -0.39 is 0 Å². The van der Waals surface area contributed by atoms with Crippen molar-refractivity contribution in [3.05, 3.63) is 0 Å². The van der Waals surface area contributed by atoms with Crippen LogP contribution in [0.1, 0.15) is 39.0 Å². The highest BCUT2D eigenvalue weighted by molar-refractivity contribution is 5.86. The number of carbonyl (C=O) groups excluding carboxylic acids is 2. The summed E-state index contributed by atoms with van der Waals surface area (Å²) in [6.45, 7) is 1.77. The van der Waals surface area contributed by atoms with Crippen LogP contribution >= 0.6 is 0 Å². The van der Waals surface area contributed by atoms with Gasteiger partial charge in [-0.15, -0.1) is 0 Å². The lowest BCUT2D eigenvalue weighted by atomic mass is 9.54. The van der Waals surface area contributed by atoms with Crippen LogP contribution in [0.25, 0.3) is 0 Å². The molecule has 4 unspecified atom stereocenters. The lowest BCUT2D eigenvalue weighted by Crippen LogP contribution is -2.55. The second kappa shape index (κ2) is 4.65. The first-order valence-electron chi connectivity index (χ1n) is 7.00. The third-order valence-corrected chi connectivity index (χ3v) is 4.83. The van der Waals surface area contributed by atoms with E-state index >= 15 is 0 Å². The molecule has 0 amide bonds. The number of hydrogen-bond acceptors (Lipinski definition) is 4. The van der Waals surface area contributed by atoms with E-state index in [-0.39, 0.29) is 24.8 Å². The van der Waals surface area contributed by atoms with Crippen molar-refractivity contribution in [3.8, 4) is 0 Å². The second-order valence-electron chi connectivity index (χ2n) is 5.89. The number of carbonyl (C=O) groups is 2. The first-order chi connectivity index (χ1) is 8.69. The van der Waals surface area contributed by atoms with Gasteiger partial charge < -0.3 is 9.47 Å². The zero-order chi connectivity index (χ0) is 12.7. The van der Waals surface area contributed by atoms with Crippen molar-refractivity contribution < 1.29 is 19.1 Å². The summed E-state index contributed by atoms with van der Waals surface area (Å²) in [6, 6.07) is 0. The molecule has 4 saturated carbocycles. The Hall–Kier alpha value is -0.900. The molecule has 4 aliphatic rings. The molecule has 4 aliphatic carbocycles. The van der Waals surface area contributed by atoms with Gasteiger partial charge in [-0.05, 0) is 37.5 Å². The van der Waals surface area contributed by atoms with Crippen LogP contribution in [-0.2, 0) is 19.1 Å². The summed E-state index contributed by atoms with van der Waals surface area (Å²) in [5, 5.41) is 0. The Morgan fingerprint density at radius 2 is 2.11 bits per heavy atom. The van der Waals surface area contributed by atoms with Crippen molar-refractivity contribution in [1.29, 1.82) is 0 Å². The average Bonchev–Trinajstić information content (AvgIpc) is 2.37. The molecule has 4 rings (SSSR count). The molecule has 100 valence electrons. The molecule has 4 bridgehead atoms. The molecule has 0 aromatic heterocycles. The SMILES string of the molecule is CCC(=O)OCOC1C2CC3CC(C[C@H]1C3)C2=O. The zero-order valence-electron chi connectivity index (χ0n) is 10.8. The quantitative estimate of drug-likeness (QED) is 0.566. The maximum Gasteiger partial charge on any atom is 0.307 e. The highest BCUT2D eigenvalue weighted by Gasteiger charge is 2.53. The van der Waals surface area contributed by atoms with Crippen molar-refractivity contribution >= 4 is 11.8 Å². The van der Waals surface area contributed by atoms with Gasteiger partial charge in [-0.1, -0.05) is 6.92 Å². The van der Waals surface area contributed by atoms with E-state index in [2.05, 4.69) is 0 Å². The normalized spacial score (nSPS) is 41.2. The topological polar surface area (TPSA) is 52.6 Å². The van der Waals surface area contributed by atoms with Gasteiger partial charge in [-0.3, -0.25) is 9.59 Å². The smallest absolute Gasteiger partial charge is 0.307 e. The number of ketones is 1. The fourth-order valence-electron chi connectivity index (χ4n) is 4.11. The van der Waals surface area contributed by atoms with Crippen LogP contribution < -0.4 is 0 Å². The molecule has 18 heavy (non-hydrogen) atoms. The van der Waals surface area contributed by atoms with Gasteiger partial charge in [0.2, 0.25) is 0 Å². The van der Waals surface area contributed by atoms with Crippen molar-refractivity contribution in [3.63, 3.8) is 0 Å². The Bertz CT molecular complexity index is 365. The van der Waals surface area contributed by atoms with E-state index in [0.29, 0.717) is 24.0 Å². The van der Waals surface area contributed by atoms with Crippen LogP contribution in [0.15, 0.2) is 0 Å². The van der Waals surface area contributed by atoms with Crippen LogP contribution in [0.4, 0.5) is 0 Å². The van der Waals surface area contributed by atoms with Crippen molar-refractivity contribution in [2.24, 2.45) is 23.7 Å². The molecular weight excluding hydrogens is 232 g/mol. The van der Waals surface area contributed by atoms with Gasteiger partial charge in [0, 0.05) is 18.3 Å². The van der Waals surface area contributed by atoms with E-state index in [1.807, 2.05) is 0 Å². The highest BCUT2D eigenvalue weighted by Crippen LogP contribution is 2.52. The predicted molar refractivity (Wildman–Crippen MR) is 63.6 cm³/mol. The van der Waals surface area contributed by atoms with Crippen LogP contribution in [0.2, 0.25) is 0 Å². The summed E-state index contributed by atoms with van der Waals surface area (Å²) >= 11 is 0. The monoisotopic (exact) mass is 252 g/mol. The fraction of sp³-hybridized carbons (Fsp3) is 0.857. The van der Waals surface area contributed by atoms with E-state index in [9.17, 15) is 9.59 Å². The number of esters is 1. The van der Waals surface area contributed by atoms with E-state index in [0.717, 1.165) is 25.2 Å². The molecule has 0 heterocycles. The summed E-state index contributed by atoms with van der Waals surface area (Å²) in [5.41, 5.74) is 0. The van der Waals surface area contributed by atoms with E-state index in [4.69, 9.17) is 9.47 Å². The zero-order valence-corrected chi connectivity index (χ0v) is 10.8. The summed E-state index contributed by atoms with van der Waals surface area (Å²) in [6.07, 6.45) is 4.62. The van der Waals surface area contributed by atoms with Gasteiger partial charge in [0.1, 0.15) is 5.78 Å². The molecule has 0 saturated heterocycles. The summed E-state index contributed by atoms with van der Waals surface area (Å²) in [5.74, 6) is 1.76. The number of rotatable bonds is 4. The Morgan fingerprint density at radius 1 is 1.28 bits per heavy atom. The highest BCUT2D eigenvalue weighted by atomic mass is 16.7. The minimum absolute atomic E-state index is 0.00467. The Labute approximate surface area is 107 Å². The summed E-state index contributed by atoms with van der Waals surface area (Å²) in [4.78, 5) is 23.2. The lowest BCUT2D eigenvalue weighted by molar-refractivity contribution is -0.188. The second-order valence-corrected chi connectivity index (χ2v) is 5.89. The first-order valence-corrected chi connectivity index (χ1v) is 7.00. The molecule has 0 spiro atoms. The van der Waals surface area contributed by atoms with Gasteiger partial charge in [-0.2, -0.15) is 0 Å². The van der Waals surface area contributed by atoms with E-state index in [1.54, 1.807) is 6.92 Å². The number of ether oxygens (including phenoxy) is 2. The molecular formula is C14H20O4. The summed E-state index contributed by atoms with van der Waals surface area (Å²) in [7, 11) is 0. The fourth-order valence-corrected chi connectivity index (χ4v) is 4.11. The van der Waals surface area contributed by atoms with Crippen molar-refractivity contribution in [2.75, 3.05) is 6.79 Å². The standard InChI is InChI=1S/C14H20O4/c1-2-12(15)17-7-18-14-10-4-8-3-9(6-10)13(16)11(14)5-8/h8-11,14H,2-7H2,1H3/t8?,9?,10-,11?,14?/m1/s1. The van der Waals surface area contributed by atoms with Gasteiger partial charge >= 0.3 is 5.97 Å². The van der Waals surface area contributed by atoms with Crippen LogP contribution in [0, 0.1) is 23.7 Å². The summed E-state index contributed by atoms with van der Waals surface area (Å²) < 4.78 is 10.7. The van der Waals surface area contributed by atoms with Crippen molar-refractivity contribution in [2.45, 2.75) is 45.1 Å². The first kappa shape index (κ1) is 12.2. The third-order valence-electron chi connectivity index (χ3n) is 4.83. The van der Waals surface area contributed by atoms with Crippen LogP contribution in [-0.4, -0.2) is 24.6 Å². The molecule has 0 radical (unpaired) electrons. The molecule has 4 fully saturated rings. The molecule has 0 aromatic rings. The molecule has 4 heteroatoms. The number of hydrogen-bond donors (Lipinski definition) is 0. The van der Waals surface area contributed by atoms with Crippen LogP contribution in [0.5, 0.6) is 0 Å². The van der Waals surface area contributed by atoms with Gasteiger partial charge in [-0.25, -0.2) is 0 Å². The molecule has 0 aromatic carbocycles. The maximum atomic E-state index is 12.1.